The van der Waals surface area contributed by atoms with Gasteiger partial charge in [0.2, 0.25) is 0 Å². The molecule has 1 fully saturated rings. The average Bonchev–Trinajstić information content (AvgIpc) is 3.02. The van der Waals surface area contributed by atoms with Crippen LogP contribution in [0.15, 0.2) is 34.1 Å². The molecule has 0 aliphatic carbocycles. The van der Waals surface area contributed by atoms with Gasteiger partial charge in [0, 0.05) is 41.1 Å². The highest BCUT2D eigenvalue weighted by atomic mass is 79.9. The lowest BCUT2D eigenvalue weighted by atomic mass is 10.0. The van der Waals surface area contributed by atoms with Crippen LogP contribution in [0.1, 0.15) is 16.5 Å². The van der Waals surface area contributed by atoms with Gasteiger partial charge in [-0.2, -0.15) is 0 Å². The first-order chi connectivity index (χ1) is 10.2. The smallest absolute Gasteiger partial charge is 0.144 e. The van der Waals surface area contributed by atoms with Crippen molar-refractivity contribution in [3.05, 3.63) is 44.6 Å². The van der Waals surface area contributed by atoms with Crippen LogP contribution in [-0.4, -0.2) is 36.2 Å². The number of phenols is 1. The third kappa shape index (κ3) is 4.32. The van der Waals surface area contributed by atoms with Gasteiger partial charge >= 0.3 is 0 Å². The summed E-state index contributed by atoms with van der Waals surface area (Å²) in [5, 5.41) is 15.9. The number of piperazine rings is 1. The highest BCUT2D eigenvalue weighted by molar-refractivity contribution is 9.10. The molecule has 4 N–H and O–H groups in total. The van der Waals surface area contributed by atoms with Crippen LogP contribution in [-0.2, 0) is 0 Å². The molecule has 3 rings (SSSR count). The number of phenolic OH excluding ortho intramolecular Hbond substituents is 1. The zero-order chi connectivity index (χ0) is 14.8. The van der Waals surface area contributed by atoms with E-state index in [-0.39, 0.29) is 36.6 Å². The van der Waals surface area contributed by atoms with Gasteiger partial charge in [0.1, 0.15) is 5.75 Å². The fourth-order valence-corrected chi connectivity index (χ4v) is 4.16. The molecule has 0 spiro atoms. The largest absolute Gasteiger partial charge is 0.505 e. The molecule has 1 aliphatic heterocycles. The second-order valence-corrected chi connectivity index (χ2v) is 6.94. The molecule has 8 heteroatoms. The summed E-state index contributed by atoms with van der Waals surface area (Å²) in [6.45, 7) is 3.82. The zero-order valence-corrected chi connectivity index (χ0v) is 16.4. The molecule has 23 heavy (non-hydrogen) atoms. The van der Waals surface area contributed by atoms with Gasteiger partial charge in [-0.25, -0.2) is 0 Å². The van der Waals surface area contributed by atoms with Gasteiger partial charge in [-0.1, -0.05) is 22.0 Å². The Kier molecular flexibility index (Phi) is 8.13. The van der Waals surface area contributed by atoms with Crippen molar-refractivity contribution >= 4 is 57.8 Å². The highest BCUT2D eigenvalue weighted by Crippen LogP contribution is 2.43. The molecule has 0 radical (unpaired) electrons. The Morgan fingerprint density at radius 3 is 2.52 bits per heavy atom. The van der Waals surface area contributed by atoms with E-state index in [1.165, 1.54) is 4.88 Å². The number of anilines is 1. The SMILES string of the molecule is Cl.Cl.Nc1ccc(Br)c([C@H](c2cccs2)N2CCNCC2)c1O. The van der Waals surface area contributed by atoms with Crippen molar-refractivity contribution in [3.63, 3.8) is 0 Å². The summed E-state index contributed by atoms with van der Waals surface area (Å²) in [5.74, 6) is 0.182. The van der Waals surface area contributed by atoms with E-state index in [0.717, 1.165) is 36.2 Å². The van der Waals surface area contributed by atoms with E-state index < -0.39 is 0 Å². The van der Waals surface area contributed by atoms with Crippen molar-refractivity contribution in [1.29, 1.82) is 0 Å². The van der Waals surface area contributed by atoms with E-state index in [1.807, 2.05) is 12.1 Å². The van der Waals surface area contributed by atoms with Gasteiger partial charge in [-0.05, 0) is 23.6 Å². The van der Waals surface area contributed by atoms with Crippen molar-refractivity contribution in [2.24, 2.45) is 0 Å². The zero-order valence-electron chi connectivity index (χ0n) is 12.4. The lowest BCUT2D eigenvalue weighted by molar-refractivity contribution is 0.197. The number of aromatic hydroxyl groups is 1. The summed E-state index contributed by atoms with van der Waals surface area (Å²) in [6.07, 6.45) is 0. The Labute approximate surface area is 161 Å². The molecule has 2 heterocycles. The lowest BCUT2D eigenvalue weighted by Crippen LogP contribution is -2.45. The Morgan fingerprint density at radius 2 is 1.91 bits per heavy atom. The number of benzene rings is 1. The first-order valence-corrected chi connectivity index (χ1v) is 8.60. The summed E-state index contributed by atoms with van der Waals surface area (Å²) in [4.78, 5) is 3.61. The van der Waals surface area contributed by atoms with Crippen molar-refractivity contribution in [2.75, 3.05) is 31.9 Å². The number of nitrogen functional groups attached to an aromatic ring is 1. The van der Waals surface area contributed by atoms with Crippen LogP contribution in [0.4, 0.5) is 5.69 Å². The molecular formula is C15H20BrCl2N3OS. The average molecular weight is 441 g/mol. The van der Waals surface area contributed by atoms with Gasteiger partial charge in [0.05, 0.1) is 11.7 Å². The molecule has 1 atom stereocenters. The third-order valence-corrected chi connectivity index (χ3v) is 5.41. The van der Waals surface area contributed by atoms with Crippen LogP contribution >= 0.6 is 52.1 Å². The maximum atomic E-state index is 10.5. The van der Waals surface area contributed by atoms with Crippen LogP contribution in [0.2, 0.25) is 0 Å². The van der Waals surface area contributed by atoms with Crippen LogP contribution in [0.25, 0.3) is 0 Å². The molecule has 1 aromatic heterocycles. The minimum Gasteiger partial charge on any atom is -0.505 e. The number of rotatable bonds is 3. The molecule has 128 valence electrons. The maximum absolute atomic E-state index is 10.5. The first-order valence-electron chi connectivity index (χ1n) is 6.93. The summed E-state index contributed by atoms with van der Waals surface area (Å²) in [7, 11) is 0. The van der Waals surface area contributed by atoms with Crippen LogP contribution in [0, 0.1) is 0 Å². The van der Waals surface area contributed by atoms with Crippen molar-refractivity contribution in [3.8, 4) is 5.75 Å². The fraction of sp³-hybridized carbons (Fsp3) is 0.333. The third-order valence-electron chi connectivity index (χ3n) is 3.80. The molecule has 2 aromatic rings. The fourth-order valence-electron chi connectivity index (χ4n) is 2.75. The lowest BCUT2D eigenvalue weighted by Gasteiger charge is -2.35. The molecule has 4 nitrogen and oxygen atoms in total. The number of nitrogens with two attached hydrogens (primary N) is 1. The van der Waals surface area contributed by atoms with E-state index in [4.69, 9.17) is 5.73 Å². The number of halogens is 3. The highest BCUT2D eigenvalue weighted by Gasteiger charge is 2.29. The maximum Gasteiger partial charge on any atom is 0.144 e. The minimum atomic E-state index is 0. The Balaban J connectivity index is 0.00000132. The molecule has 0 saturated carbocycles. The summed E-state index contributed by atoms with van der Waals surface area (Å²) >= 11 is 5.29. The Hall–Kier alpha value is -0.500. The predicted molar refractivity (Wildman–Crippen MR) is 105 cm³/mol. The van der Waals surface area contributed by atoms with E-state index in [2.05, 4.69) is 37.6 Å². The number of thiophene rings is 1. The van der Waals surface area contributed by atoms with Crippen molar-refractivity contribution in [2.45, 2.75) is 6.04 Å². The van der Waals surface area contributed by atoms with E-state index in [1.54, 1.807) is 17.4 Å². The molecule has 1 aliphatic rings. The van der Waals surface area contributed by atoms with Gasteiger partial charge < -0.3 is 16.2 Å². The van der Waals surface area contributed by atoms with E-state index in [9.17, 15) is 5.11 Å². The van der Waals surface area contributed by atoms with Crippen LogP contribution in [0.5, 0.6) is 5.75 Å². The minimum absolute atomic E-state index is 0. The molecule has 0 bridgehead atoms. The van der Waals surface area contributed by atoms with Crippen LogP contribution in [0.3, 0.4) is 0 Å². The number of nitrogens with one attached hydrogen (secondary N) is 1. The number of hydrogen-bond acceptors (Lipinski definition) is 5. The molecule has 0 unspecified atom stereocenters. The van der Waals surface area contributed by atoms with E-state index >= 15 is 0 Å². The second-order valence-electron chi connectivity index (χ2n) is 5.10. The Bertz CT molecular complexity index is 621. The molecule has 1 aromatic carbocycles. The second kappa shape index (κ2) is 9.11. The first kappa shape index (κ1) is 20.5. The predicted octanol–water partition coefficient (Wildman–Crippen LogP) is 3.64. The number of nitrogens with zero attached hydrogens (tertiary/aromatic N) is 1. The molecule has 0 amide bonds. The Morgan fingerprint density at radius 1 is 1.22 bits per heavy atom. The van der Waals surface area contributed by atoms with Gasteiger partial charge in [-0.3, -0.25) is 4.90 Å². The van der Waals surface area contributed by atoms with E-state index in [0.29, 0.717) is 5.69 Å². The van der Waals surface area contributed by atoms with Crippen molar-refractivity contribution in [1.82, 2.24) is 10.2 Å². The normalized spacial score (nSPS) is 16.2. The monoisotopic (exact) mass is 439 g/mol. The van der Waals surface area contributed by atoms with Gasteiger partial charge in [0.25, 0.3) is 0 Å². The topological polar surface area (TPSA) is 61.5 Å². The summed E-state index contributed by atoms with van der Waals surface area (Å²) < 4.78 is 0.895. The summed E-state index contributed by atoms with van der Waals surface area (Å²) in [6, 6.07) is 7.84. The van der Waals surface area contributed by atoms with Crippen molar-refractivity contribution < 1.29 is 5.11 Å². The molecule has 1 saturated heterocycles. The van der Waals surface area contributed by atoms with Gasteiger partial charge in [0.15, 0.2) is 0 Å². The number of hydrogen-bond donors (Lipinski definition) is 3. The van der Waals surface area contributed by atoms with Crippen LogP contribution < -0.4 is 11.1 Å². The molecular weight excluding hydrogens is 421 g/mol. The summed E-state index contributed by atoms with van der Waals surface area (Å²) in [5.41, 5.74) is 7.19. The standard InChI is InChI=1S/C15H18BrN3OS.2ClH/c16-10-3-4-11(17)15(20)13(10)14(12-2-1-9-21-12)19-7-5-18-6-8-19;;/h1-4,9,14,18,20H,5-8,17H2;2*1H/t14-;;/m0../s1. The van der Waals surface area contributed by atoms with Gasteiger partial charge in [-0.15, -0.1) is 36.2 Å². The quantitative estimate of drug-likeness (QED) is 0.503.